The summed E-state index contributed by atoms with van der Waals surface area (Å²) < 4.78 is 23.6. The number of thiophene rings is 1. The van der Waals surface area contributed by atoms with E-state index in [1.54, 1.807) is 11.3 Å². The molecule has 2 aliphatic heterocycles. The molecule has 6 nitrogen and oxygen atoms in total. The number of rotatable bonds is 6. The summed E-state index contributed by atoms with van der Waals surface area (Å²) in [5.74, 6) is 0.514. The standard InChI is InChI=1S/C18H27N3O3S2/c22-18(21(16-1-2-16)17-4-10-26(23,24)14-17)12-20-7-5-19(6-8-20)11-15-3-9-25-13-15/h3,9,13,16-17H,1-2,4-8,10-12,14H2. The summed E-state index contributed by atoms with van der Waals surface area (Å²) in [4.78, 5) is 19.5. The predicted molar refractivity (Wildman–Crippen MR) is 103 cm³/mol. The smallest absolute Gasteiger partial charge is 0.237 e. The maximum atomic E-state index is 12.9. The van der Waals surface area contributed by atoms with Gasteiger partial charge in [-0.05, 0) is 41.7 Å². The van der Waals surface area contributed by atoms with E-state index in [9.17, 15) is 13.2 Å². The lowest BCUT2D eigenvalue weighted by Crippen LogP contribution is -2.52. The topological polar surface area (TPSA) is 60.9 Å². The summed E-state index contributed by atoms with van der Waals surface area (Å²) in [5, 5.41) is 4.30. The van der Waals surface area contributed by atoms with Gasteiger partial charge in [0.25, 0.3) is 0 Å². The highest BCUT2D eigenvalue weighted by atomic mass is 32.2. The fourth-order valence-electron chi connectivity index (χ4n) is 4.07. The second kappa shape index (κ2) is 7.58. The monoisotopic (exact) mass is 397 g/mol. The van der Waals surface area contributed by atoms with Gasteiger partial charge in [0.15, 0.2) is 9.84 Å². The second-order valence-electron chi connectivity index (χ2n) is 7.77. The van der Waals surface area contributed by atoms with Crippen LogP contribution in [0.2, 0.25) is 0 Å². The Balaban J connectivity index is 1.29. The summed E-state index contributed by atoms with van der Waals surface area (Å²) in [6.07, 6.45) is 2.66. The first-order valence-corrected chi connectivity index (χ1v) is 12.2. The number of amides is 1. The SMILES string of the molecule is O=C(CN1CCN(Cc2ccsc2)CC1)N(C1CC1)C1CCS(=O)(=O)C1. The van der Waals surface area contributed by atoms with Crippen LogP contribution in [0.4, 0.5) is 0 Å². The number of hydrogen-bond donors (Lipinski definition) is 0. The molecule has 1 aromatic rings. The molecular weight excluding hydrogens is 370 g/mol. The largest absolute Gasteiger partial charge is 0.335 e. The molecule has 0 spiro atoms. The molecule has 3 aliphatic rings. The molecule has 1 unspecified atom stereocenters. The Labute approximate surface area is 159 Å². The lowest BCUT2D eigenvalue weighted by molar-refractivity contribution is -0.135. The van der Waals surface area contributed by atoms with Crippen molar-refractivity contribution in [3.05, 3.63) is 22.4 Å². The number of piperazine rings is 1. The van der Waals surface area contributed by atoms with Crippen LogP contribution in [0, 0.1) is 0 Å². The third kappa shape index (κ3) is 4.47. The fourth-order valence-corrected chi connectivity index (χ4v) is 6.44. The number of carbonyl (C=O) groups is 1. The first-order valence-electron chi connectivity index (χ1n) is 9.47. The Hall–Kier alpha value is -0.960. The minimum absolute atomic E-state index is 0.0973. The highest BCUT2D eigenvalue weighted by molar-refractivity contribution is 7.91. The molecule has 2 saturated heterocycles. The van der Waals surface area contributed by atoms with Crippen LogP contribution in [-0.4, -0.2) is 85.3 Å². The summed E-state index contributed by atoms with van der Waals surface area (Å²) >= 11 is 1.73. The zero-order valence-corrected chi connectivity index (χ0v) is 16.7. The van der Waals surface area contributed by atoms with Gasteiger partial charge in [0.2, 0.25) is 5.91 Å². The van der Waals surface area contributed by atoms with E-state index in [-0.39, 0.29) is 29.5 Å². The zero-order valence-electron chi connectivity index (χ0n) is 15.0. The summed E-state index contributed by atoms with van der Waals surface area (Å²) in [6, 6.07) is 2.35. The van der Waals surface area contributed by atoms with Crippen molar-refractivity contribution in [3.63, 3.8) is 0 Å². The van der Waals surface area contributed by atoms with Crippen molar-refractivity contribution in [1.29, 1.82) is 0 Å². The average Bonchev–Trinajstić information content (AvgIpc) is 3.16. The molecule has 144 valence electrons. The van der Waals surface area contributed by atoms with Gasteiger partial charge in [-0.15, -0.1) is 0 Å². The van der Waals surface area contributed by atoms with E-state index in [0.717, 1.165) is 45.6 Å². The van der Waals surface area contributed by atoms with Gasteiger partial charge in [0.05, 0.1) is 18.1 Å². The molecule has 3 fully saturated rings. The molecule has 1 amide bonds. The average molecular weight is 398 g/mol. The Morgan fingerprint density at radius 3 is 2.42 bits per heavy atom. The van der Waals surface area contributed by atoms with E-state index in [1.807, 2.05) is 4.90 Å². The van der Waals surface area contributed by atoms with Crippen molar-refractivity contribution < 1.29 is 13.2 Å². The van der Waals surface area contributed by atoms with E-state index < -0.39 is 9.84 Å². The van der Waals surface area contributed by atoms with Gasteiger partial charge in [0, 0.05) is 44.8 Å². The van der Waals surface area contributed by atoms with Gasteiger partial charge < -0.3 is 4.90 Å². The van der Waals surface area contributed by atoms with Crippen molar-refractivity contribution in [2.75, 3.05) is 44.2 Å². The maximum Gasteiger partial charge on any atom is 0.237 e. The second-order valence-corrected chi connectivity index (χ2v) is 10.8. The Kier molecular flexibility index (Phi) is 5.36. The van der Waals surface area contributed by atoms with Crippen LogP contribution in [0.3, 0.4) is 0 Å². The molecule has 1 aromatic heterocycles. The van der Waals surface area contributed by atoms with Crippen molar-refractivity contribution in [2.45, 2.75) is 37.9 Å². The van der Waals surface area contributed by atoms with Gasteiger partial charge in [-0.1, -0.05) is 0 Å². The van der Waals surface area contributed by atoms with Crippen molar-refractivity contribution >= 4 is 27.1 Å². The minimum atomic E-state index is -2.96. The van der Waals surface area contributed by atoms with Crippen molar-refractivity contribution in [2.24, 2.45) is 0 Å². The van der Waals surface area contributed by atoms with Crippen LogP contribution in [0.25, 0.3) is 0 Å². The zero-order chi connectivity index (χ0) is 18.1. The third-order valence-electron chi connectivity index (χ3n) is 5.64. The lowest BCUT2D eigenvalue weighted by Gasteiger charge is -2.36. The molecule has 1 saturated carbocycles. The fraction of sp³-hybridized carbons (Fsp3) is 0.722. The number of nitrogens with zero attached hydrogens (tertiary/aromatic N) is 3. The highest BCUT2D eigenvalue weighted by Crippen LogP contribution is 2.32. The van der Waals surface area contributed by atoms with Gasteiger partial charge >= 0.3 is 0 Å². The molecule has 1 aliphatic carbocycles. The number of hydrogen-bond acceptors (Lipinski definition) is 6. The number of sulfone groups is 1. The Morgan fingerprint density at radius 1 is 1.12 bits per heavy atom. The summed E-state index contributed by atoms with van der Waals surface area (Å²) in [7, 11) is -2.96. The molecule has 3 heterocycles. The van der Waals surface area contributed by atoms with Gasteiger partial charge in [0.1, 0.15) is 0 Å². The molecule has 0 N–H and O–H groups in total. The maximum absolute atomic E-state index is 12.9. The Morgan fingerprint density at radius 2 is 1.85 bits per heavy atom. The predicted octanol–water partition coefficient (Wildman–Crippen LogP) is 1.04. The van der Waals surface area contributed by atoms with Gasteiger partial charge in [-0.2, -0.15) is 11.3 Å². The molecule has 1 atom stereocenters. The minimum Gasteiger partial charge on any atom is -0.335 e. The Bertz CT molecular complexity index is 723. The van der Waals surface area contributed by atoms with Crippen LogP contribution >= 0.6 is 11.3 Å². The van der Waals surface area contributed by atoms with E-state index in [0.29, 0.717) is 13.0 Å². The normalized spacial score (nSPS) is 26.8. The molecule has 8 heteroatoms. The van der Waals surface area contributed by atoms with Crippen LogP contribution in [0.5, 0.6) is 0 Å². The first kappa shape index (κ1) is 18.4. The molecule has 26 heavy (non-hydrogen) atoms. The lowest BCUT2D eigenvalue weighted by atomic mass is 10.2. The van der Waals surface area contributed by atoms with Crippen molar-refractivity contribution in [3.8, 4) is 0 Å². The van der Waals surface area contributed by atoms with Gasteiger partial charge in [-0.25, -0.2) is 8.42 Å². The summed E-state index contributed by atoms with van der Waals surface area (Å²) in [5.41, 5.74) is 1.36. The van der Waals surface area contributed by atoms with E-state index in [4.69, 9.17) is 0 Å². The molecular formula is C18H27N3O3S2. The first-order chi connectivity index (χ1) is 12.5. The molecule has 0 aromatic carbocycles. The molecule has 0 radical (unpaired) electrons. The van der Waals surface area contributed by atoms with Crippen LogP contribution in [-0.2, 0) is 21.2 Å². The third-order valence-corrected chi connectivity index (χ3v) is 8.12. The highest BCUT2D eigenvalue weighted by Gasteiger charge is 2.42. The molecule has 0 bridgehead atoms. The van der Waals surface area contributed by atoms with Crippen LogP contribution < -0.4 is 0 Å². The summed E-state index contributed by atoms with van der Waals surface area (Å²) in [6.45, 7) is 5.17. The van der Waals surface area contributed by atoms with Crippen LogP contribution in [0.15, 0.2) is 16.8 Å². The number of carbonyl (C=O) groups excluding carboxylic acids is 1. The van der Waals surface area contributed by atoms with E-state index in [1.165, 1.54) is 5.56 Å². The van der Waals surface area contributed by atoms with Gasteiger partial charge in [-0.3, -0.25) is 14.6 Å². The molecule has 4 rings (SSSR count). The van der Waals surface area contributed by atoms with E-state index in [2.05, 4.69) is 26.6 Å². The quantitative estimate of drug-likeness (QED) is 0.718. The van der Waals surface area contributed by atoms with Crippen molar-refractivity contribution in [1.82, 2.24) is 14.7 Å². The van der Waals surface area contributed by atoms with E-state index >= 15 is 0 Å². The van der Waals surface area contributed by atoms with Crippen LogP contribution in [0.1, 0.15) is 24.8 Å².